The second kappa shape index (κ2) is 7.30. The molecule has 128 valence electrons. The Labute approximate surface area is 144 Å². The fourth-order valence-electron chi connectivity index (χ4n) is 3.22. The summed E-state index contributed by atoms with van der Waals surface area (Å²) in [5, 5.41) is 1.78. The van der Waals surface area contributed by atoms with Gasteiger partial charge < -0.3 is 4.90 Å². The van der Waals surface area contributed by atoms with Gasteiger partial charge in [-0.3, -0.25) is 14.2 Å². The number of aryl methyl sites for hydroxylation is 1. The molecule has 1 fully saturated rings. The van der Waals surface area contributed by atoms with Crippen LogP contribution < -0.4 is 4.87 Å². The van der Waals surface area contributed by atoms with Crippen molar-refractivity contribution in [2.45, 2.75) is 32.7 Å². The Morgan fingerprint density at radius 1 is 1.33 bits per heavy atom. The number of piperidine rings is 1. The lowest BCUT2D eigenvalue weighted by Gasteiger charge is -2.32. The van der Waals surface area contributed by atoms with Gasteiger partial charge in [0.1, 0.15) is 12.4 Å². The number of nitrogens with zero attached hydrogens (tertiary/aromatic N) is 2. The van der Waals surface area contributed by atoms with Crippen LogP contribution in [0.5, 0.6) is 0 Å². The zero-order chi connectivity index (χ0) is 17.1. The number of amides is 1. The largest absolute Gasteiger partial charge is 0.341 e. The van der Waals surface area contributed by atoms with Gasteiger partial charge in [0.05, 0.1) is 0 Å². The lowest BCUT2D eigenvalue weighted by atomic mass is 9.90. The summed E-state index contributed by atoms with van der Waals surface area (Å²) in [5.41, 5.74) is 1.85. The normalized spacial score (nSPS) is 15.7. The zero-order valence-electron chi connectivity index (χ0n) is 13.7. The lowest BCUT2D eigenvalue weighted by Crippen LogP contribution is -2.41. The molecule has 6 heteroatoms. The number of benzene rings is 1. The monoisotopic (exact) mass is 348 g/mol. The fraction of sp³-hybridized carbons (Fsp3) is 0.444. The Hall–Kier alpha value is -1.95. The molecule has 0 spiro atoms. The minimum Gasteiger partial charge on any atom is -0.341 e. The fourth-order valence-corrected chi connectivity index (χ4v) is 3.95. The van der Waals surface area contributed by atoms with Gasteiger partial charge in [0.2, 0.25) is 5.91 Å². The zero-order valence-corrected chi connectivity index (χ0v) is 14.5. The highest BCUT2D eigenvalue weighted by Crippen LogP contribution is 2.22. The topological polar surface area (TPSA) is 42.3 Å². The van der Waals surface area contributed by atoms with Crippen LogP contribution in [0.25, 0.3) is 0 Å². The number of halogens is 1. The van der Waals surface area contributed by atoms with Gasteiger partial charge in [-0.25, -0.2) is 4.39 Å². The van der Waals surface area contributed by atoms with Crippen LogP contribution in [0.4, 0.5) is 4.39 Å². The summed E-state index contributed by atoms with van der Waals surface area (Å²) in [4.78, 5) is 25.9. The van der Waals surface area contributed by atoms with E-state index in [1.807, 2.05) is 17.9 Å². The Bertz CT molecular complexity index is 775. The Balaban J connectivity index is 1.53. The maximum absolute atomic E-state index is 13.3. The van der Waals surface area contributed by atoms with Crippen molar-refractivity contribution in [1.82, 2.24) is 9.47 Å². The molecule has 2 aromatic rings. The van der Waals surface area contributed by atoms with E-state index in [2.05, 4.69) is 0 Å². The van der Waals surface area contributed by atoms with Gasteiger partial charge in [0.15, 0.2) is 0 Å². The molecule has 0 saturated carbocycles. The quantitative estimate of drug-likeness (QED) is 0.853. The van der Waals surface area contributed by atoms with Crippen LogP contribution in [0.2, 0.25) is 0 Å². The smallest absolute Gasteiger partial charge is 0.307 e. The molecule has 0 unspecified atom stereocenters. The number of rotatable bonds is 4. The third-order valence-corrected chi connectivity index (χ3v) is 5.53. The van der Waals surface area contributed by atoms with E-state index >= 15 is 0 Å². The van der Waals surface area contributed by atoms with Crippen LogP contribution in [0, 0.1) is 18.7 Å². The molecule has 2 heterocycles. The molecule has 0 bridgehead atoms. The molecule has 0 N–H and O–H groups in total. The van der Waals surface area contributed by atoms with E-state index in [4.69, 9.17) is 0 Å². The van der Waals surface area contributed by atoms with Gasteiger partial charge in [-0.05, 0) is 49.8 Å². The van der Waals surface area contributed by atoms with Gasteiger partial charge in [-0.1, -0.05) is 23.5 Å². The van der Waals surface area contributed by atoms with Crippen LogP contribution in [-0.2, 0) is 17.8 Å². The summed E-state index contributed by atoms with van der Waals surface area (Å²) in [6, 6.07) is 6.74. The van der Waals surface area contributed by atoms with Gasteiger partial charge in [-0.2, -0.15) is 0 Å². The van der Waals surface area contributed by atoms with Crippen molar-refractivity contribution in [3.63, 3.8) is 0 Å². The van der Waals surface area contributed by atoms with E-state index in [0.717, 1.165) is 41.9 Å². The molecule has 4 nitrogen and oxygen atoms in total. The van der Waals surface area contributed by atoms with Crippen molar-refractivity contribution < 1.29 is 9.18 Å². The lowest BCUT2D eigenvalue weighted by molar-refractivity contribution is -0.133. The van der Waals surface area contributed by atoms with Gasteiger partial charge in [0, 0.05) is 24.2 Å². The number of hydrogen-bond donors (Lipinski definition) is 0. The molecule has 1 aliphatic heterocycles. The average Bonchev–Trinajstić information content (AvgIpc) is 2.87. The van der Waals surface area contributed by atoms with Gasteiger partial charge in [-0.15, -0.1) is 0 Å². The van der Waals surface area contributed by atoms with E-state index in [0.29, 0.717) is 19.0 Å². The molecular formula is C18H21FN2O2S. The molecular weight excluding hydrogens is 327 g/mol. The van der Waals surface area contributed by atoms with Gasteiger partial charge in [0.25, 0.3) is 0 Å². The Morgan fingerprint density at radius 2 is 2.08 bits per heavy atom. The second-order valence-electron chi connectivity index (χ2n) is 6.39. The Morgan fingerprint density at radius 3 is 2.71 bits per heavy atom. The molecule has 0 atom stereocenters. The average molecular weight is 348 g/mol. The minimum absolute atomic E-state index is 0.00260. The van der Waals surface area contributed by atoms with Crippen molar-refractivity contribution in [3.05, 3.63) is 56.4 Å². The summed E-state index contributed by atoms with van der Waals surface area (Å²) in [6.07, 6.45) is 2.68. The SMILES string of the molecule is Cc1csc(=O)n1CC(=O)N1CCC(Cc2cccc(F)c2)CC1. The van der Waals surface area contributed by atoms with Crippen molar-refractivity contribution in [1.29, 1.82) is 0 Å². The molecule has 1 saturated heterocycles. The first-order valence-corrected chi connectivity index (χ1v) is 9.08. The van der Waals surface area contributed by atoms with Crippen LogP contribution in [0.3, 0.4) is 0 Å². The first-order chi connectivity index (χ1) is 11.5. The summed E-state index contributed by atoms with van der Waals surface area (Å²) in [6.45, 7) is 3.38. The van der Waals surface area contributed by atoms with Crippen LogP contribution >= 0.6 is 11.3 Å². The molecule has 0 aliphatic carbocycles. The standard InChI is InChI=1S/C18H21FN2O2S/c1-13-12-24-18(23)21(13)11-17(22)20-7-5-14(6-8-20)9-15-3-2-4-16(19)10-15/h2-4,10,12,14H,5-9,11H2,1H3. The van der Waals surface area contributed by atoms with E-state index < -0.39 is 0 Å². The predicted octanol–water partition coefficient (Wildman–Crippen LogP) is 2.84. The summed E-state index contributed by atoms with van der Waals surface area (Å²) in [7, 11) is 0. The summed E-state index contributed by atoms with van der Waals surface area (Å²) >= 11 is 1.13. The third-order valence-electron chi connectivity index (χ3n) is 4.65. The first kappa shape index (κ1) is 16.9. The summed E-state index contributed by atoms with van der Waals surface area (Å²) in [5.74, 6) is 0.279. The highest BCUT2D eigenvalue weighted by molar-refractivity contribution is 7.07. The molecule has 1 amide bonds. The minimum atomic E-state index is -0.198. The van der Waals surface area contributed by atoms with E-state index in [1.54, 1.807) is 17.5 Å². The number of aromatic nitrogens is 1. The van der Waals surface area contributed by atoms with Crippen molar-refractivity contribution >= 4 is 17.2 Å². The number of likely N-dealkylation sites (tertiary alicyclic amines) is 1. The molecule has 1 aromatic carbocycles. The second-order valence-corrected chi connectivity index (χ2v) is 7.21. The van der Waals surface area contributed by atoms with Gasteiger partial charge >= 0.3 is 4.87 Å². The van der Waals surface area contributed by atoms with Crippen LogP contribution in [0.15, 0.2) is 34.4 Å². The van der Waals surface area contributed by atoms with Crippen molar-refractivity contribution in [3.8, 4) is 0 Å². The summed E-state index contributed by atoms with van der Waals surface area (Å²) < 4.78 is 14.8. The molecule has 1 aliphatic rings. The number of carbonyl (C=O) groups is 1. The number of hydrogen-bond acceptors (Lipinski definition) is 3. The first-order valence-electron chi connectivity index (χ1n) is 8.20. The molecule has 24 heavy (non-hydrogen) atoms. The van der Waals surface area contributed by atoms with E-state index in [9.17, 15) is 14.0 Å². The van der Waals surface area contributed by atoms with E-state index in [1.165, 1.54) is 10.6 Å². The highest BCUT2D eigenvalue weighted by atomic mass is 32.1. The molecule has 1 aromatic heterocycles. The highest BCUT2D eigenvalue weighted by Gasteiger charge is 2.23. The Kier molecular flexibility index (Phi) is 5.14. The van der Waals surface area contributed by atoms with E-state index in [-0.39, 0.29) is 23.1 Å². The molecule has 3 rings (SSSR count). The maximum atomic E-state index is 13.3. The molecule has 0 radical (unpaired) electrons. The van der Waals surface area contributed by atoms with Crippen molar-refractivity contribution in [2.75, 3.05) is 13.1 Å². The van der Waals surface area contributed by atoms with Crippen molar-refractivity contribution in [2.24, 2.45) is 5.92 Å². The predicted molar refractivity (Wildman–Crippen MR) is 92.7 cm³/mol. The van der Waals surface area contributed by atoms with Crippen LogP contribution in [0.1, 0.15) is 24.1 Å². The number of carbonyl (C=O) groups excluding carboxylic acids is 1. The maximum Gasteiger partial charge on any atom is 0.307 e. The van der Waals surface area contributed by atoms with Crippen LogP contribution in [-0.4, -0.2) is 28.5 Å². The number of thiazole rings is 1. The third kappa shape index (κ3) is 3.93.